The van der Waals surface area contributed by atoms with Crippen molar-refractivity contribution < 1.29 is 18.7 Å². The van der Waals surface area contributed by atoms with Gasteiger partial charge in [0, 0.05) is 0 Å². The topological polar surface area (TPSA) is 76.5 Å². The summed E-state index contributed by atoms with van der Waals surface area (Å²) < 4.78 is 10.2. The monoisotopic (exact) mass is 193 g/mol. The molecule has 5 nitrogen and oxygen atoms in total. The number of carboxylic acid groups (broad SMARTS) is 1. The van der Waals surface area contributed by atoms with E-state index in [2.05, 4.69) is 4.98 Å². The first-order valence-corrected chi connectivity index (χ1v) is 3.93. The maximum atomic E-state index is 10.7. The number of hydrogen-bond acceptors (Lipinski definition) is 4. The van der Waals surface area contributed by atoms with Crippen molar-refractivity contribution in [3.8, 4) is 11.7 Å². The van der Waals surface area contributed by atoms with Crippen LogP contribution in [-0.2, 0) is 0 Å². The quantitative estimate of drug-likeness (QED) is 0.788. The molecule has 0 aliphatic heterocycles. The molecule has 0 fully saturated rings. The number of rotatable bonds is 2. The van der Waals surface area contributed by atoms with Gasteiger partial charge in [-0.05, 0) is 19.1 Å². The third-order valence-electron chi connectivity index (χ3n) is 1.73. The second kappa shape index (κ2) is 3.02. The van der Waals surface area contributed by atoms with Crippen LogP contribution in [-0.4, -0.2) is 16.1 Å². The van der Waals surface area contributed by atoms with Gasteiger partial charge in [-0.25, -0.2) is 4.79 Å². The van der Waals surface area contributed by atoms with Crippen molar-refractivity contribution in [3.63, 3.8) is 0 Å². The Labute approximate surface area is 79.0 Å². The minimum Gasteiger partial charge on any atom is -0.476 e. The van der Waals surface area contributed by atoms with E-state index in [0.717, 1.165) is 0 Å². The normalized spacial score (nSPS) is 10.4. The molecule has 2 aromatic heterocycles. The van der Waals surface area contributed by atoms with Gasteiger partial charge in [0.05, 0.1) is 6.26 Å². The predicted molar refractivity (Wildman–Crippen MR) is 45.9 cm³/mol. The highest BCUT2D eigenvalue weighted by atomic mass is 16.4. The number of hydrogen-bond donors (Lipinski definition) is 1. The molecule has 5 heteroatoms. The van der Waals surface area contributed by atoms with E-state index in [1.807, 2.05) is 0 Å². The molecule has 0 saturated heterocycles. The van der Waals surface area contributed by atoms with Crippen LogP contribution in [0.4, 0.5) is 0 Å². The highest BCUT2D eigenvalue weighted by Gasteiger charge is 2.17. The number of oxazole rings is 1. The molecule has 0 amide bonds. The van der Waals surface area contributed by atoms with Gasteiger partial charge >= 0.3 is 5.97 Å². The highest BCUT2D eigenvalue weighted by Crippen LogP contribution is 2.21. The summed E-state index contributed by atoms with van der Waals surface area (Å²) in [5.41, 5.74) is -0.0867. The van der Waals surface area contributed by atoms with Gasteiger partial charge in [0.1, 0.15) is 5.76 Å². The van der Waals surface area contributed by atoms with Gasteiger partial charge in [0.15, 0.2) is 11.5 Å². The number of nitrogens with zero attached hydrogens (tertiary/aromatic N) is 1. The van der Waals surface area contributed by atoms with E-state index in [9.17, 15) is 4.79 Å². The van der Waals surface area contributed by atoms with Gasteiger partial charge in [-0.2, -0.15) is 4.98 Å². The van der Waals surface area contributed by atoms with Crippen molar-refractivity contribution in [1.82, 2.24) is 4.98 Å². The van der Waals surface area contributed by atoms with Crippen molar-refractivity contribution >= 4 is 5.97 Å². The van der Waals surface area contributed by atoms with Crippen LogP contribution < -0.4 is 0 Å². The summed E-state index contributed by atoms with van der Waals surface area (Å²) >= 11 is 0. The van der Waals surface area contributed by atoms with E-state index in [4.69, 9.17) is 13.9 Å². The molecule has 14 heavy (non-hydrogen) atoms. The number of carboxylic acids is 1. The average Bonchev–Trinajstić information content (AvgIpc) is 2.70. The SMILES string of the molecule is Cc1oc(-c2ccco2)nc1C(=O)O. The van der Waals surface area contributed by atoms with Gasteiger partial charge in [0.25, 0.3) is 5.89 Å². The molecule has 2 aromatic rings. The molecule has 2 rings (SSSR count). The summed E-state index contributed by atoms with van der Waals surface area (Å²) in [6.07, 6.45) is 1.47. The fourth-order valence-electron chi connectivity index (χ4n) is 1.10. The van der Waals surface area contributed by atoms with E-state index in [-0.39, 0.29) is 17.3 Å². The molecule has 0 aliphatic rings. The van der Waals surface area contributed by atoms with Gasteiger partial charge < -0.3 is 13.9 Å². The zero-order valence-corrected chi connectivity index (χ0v) is 7.35. The standard InChI is InChI=1S/C9H7NO4/c1-5-7(9(11)12)10-8(14-5)6-3-2-4-13-6/h2-4H,1H3,(H,11,12). The van der Waals surface area contributed by atoms with Crippen LogP contribution in [0.1, 0.15) is 16.2 Å². The Hall–Kier alpha value is -2.04. The summed E-state index contributed by atoms with van der Waals surface area (Å²) in [4.78, 5) is 14.4. The zero-order valence-electron chi connectivity index (χ0n) is 7.35. The fraction of sp³-hybridized carbons (Fsp3) is 0.111. The molecule has 2 heterocycles. The summed E-state index contributed by atoms with van der Waals surface area (Å²) in [7, 11) is 0. The van der Waals surface area contributed by atoms with Gasteiger partial charge in [-0.3, -0.25) is 0 Å². The summed E-state index contributed by atoms with van der Waals surface area (Å²) in [5, 5.41) is 8.72. The molecule has 0 radical (unpaired) electrons. The Morgan fingerprint density at radius 2 is 2.36 bits per heavy atom. The van der Waals surface area contributed by atoms with Crippen molar-refractivity contribution in [3.05, 3.63) is 29.9 Å². The van der Waals surface area contributed by atoms with Crippen LogP contribution >= 0.6 is 0 Å². The van der Waals surface area contributed by atoms with Gasteiger partial charge in [-0.15, -0.1) is 0 Å². The van der Waals surface area contributed by atoms with E-state index in [1.165, 1.54) is 6.26 Å². The lowest BCUT2D eigenvalue weighted by molar-refractivity contribution is 0.0689. The van der Waals surface area contributed by atoms with Gasteiger partial charge in [-0.1, -0.05) is 0 Å². The Bertz CT molecular complexity index is 455. The lowest BCUT2D eigenvalue weighted by Gasteiger charge is -1.84. The molecule has 0 atom stereocenters. The van der Waals surface area contributed by atoms with Crippen molar-refractivity contribution in [2.45, 2.75) is 6.92 Å². The first-order valence-electron chi connectivity index (χ1n) is 3.93. The lowest BCUT2D eigenvalue weighted by Crippen LogP contribution is -1.98. The van der Waals surface area contributed by atoms with Crippen LogP contribution in [0.15, 0.2) is 27.2 Å². The van der Waals surface area contributed by atoms with Crippen LogP contribution in [0.5, 0.6) is 0 Å². The summed E-state index contributed by atoms with van der Waals surface area (Å²) in [6.45, 7) is 1.54. The fourth-order valence-corrected chi connectivity index (χ4v) is 1.10. The number of carbonyl (C=O) groups is 1. The maximum Gasteiger partial charge on any atom is 0.358 e. The average molecular weight is 193 g/mol. The number of aromatic nitrogens is 1. The second-order valence-corrected chi connectivity index (χ2v) is 2.71. The summed E-state index contributed by atoms with van der Waals surface area (Å²) in [6, 6.07) is 3.33. The molecule has 1 N–H and O–H groups in total. The molecular formula is C9H7NO4. The Morgan fingerprint density at radius 1 is 1.57 bits per heavy atom. The molecule has 0 aromatic carbocycles. The molecule has 0 aliphatic carbocycles. The Kier molecular flexibility index (Phi) is 1.85. The molecule has 72 valence electrons. The molecule has 0 unspecified atom stereocenters. The third kappa shape index (κ3) is 1.28. The number of furan rings is 1. The second-order valence-electron chi connectivity index (χ2n) is 2.71. The minimum atomic E-state index is -1.11. The molecule has 0 spiro atoms. The zero-order chi connectivity index (χ0) is 10.1. The Balaban J connectivity index is 2.48. The largest absolute Gasteiger partial charge is 0.476 e. The van der Waals surface area contributed by atoms with Crippen LogP contribution in [0.25, 0.3) is 11.7 Å². The van der Waals surface area contributed by atoms with Gasteiger partial charge in [0.2, 0.25) is 0 Å². The molecule has 0 saturated carbocycles. The molecular weight excluding hydrogens is 186 g/mol. The smallest absolute Gasteiger partial charge is 0.358 e. The van der Waals surface area contributed by atoms with E-state index in [0.29, 0.717) is 5.76 Å². The Morgan fingerprint density at radius 3 is 2.86 bits per heavy atom. The van der Waals surface area contributed by atoms with E-state index < -0.39 is 5.97 Å². The number of aromatic carboxylic acids is 1. The third-order valence-corrected chi connectivity index (χ3v) is 1.73. The van der Waals surface area contributed by atoms with Crippen LogP contribution in [0.2, 0.25) is 0 Å². The van der Waals surface area contributed by atoms with E-state index >= 15 is 0 Å². The van der Waals surface area contributed by atoms with Crippen molar-refractivity contribution in [2.24, 2.45) is 0 Å². The summed E-state index contributed by atoms with van der Waals surface area (Å²) in [5.74, 6) is -0.238. The predicted octanol–water partition coefficient (Wildman–Crippen LogP) is 1.94. The first kappa shape index (κ1) is 8.55. The maximum absolute atomic E-state index is 10.7. The minimum absolute atomic E-state index is 0.0867. The van der Waals surface area contributed by atoms with Crippen molar-refractivity contribution in [1.29, 1.82) is 0 Å². The van der Waals surface area contributed by atoms with Crippen molar-refractivity contribution in [2.75, 3.05) is 0 Å². The highest BCUT2D eigenvalue weighted by molar-refractivity contribution is 5.86. The van der Waals surface area contributed by atoms with Crippen LogP contribution in [0.3, 0.4) is 0 Å². The van der Waals surface area contributed by atoms with Crippen LogP contribution in [0, 0.1) is 6.92 Å². The lowest BCUT2D eigenvalue weighted by atomic mass is 10.4. The molecule has 0 bridgehead atoms. The van der Waals surface area contributed by atoms with E-state index in [1.54, 1.807) is 19.1 Å². The number of aryl methyl sites for hydroxylation is 1. The first-order chi connectivity index (χ1) is 6.68.